The van der Waals surface area contributed by atoms with Crippen LogP contribution in [0.5, 0.6) is 0 Å². The zero-order valence-electron chi connectivity index (χ0n) is 9.21. The third-order valence-corrected chi connectivity index (χ3v) is 2.58. The minimum Gasteiger partial charge on any atom is -0.481 e. The summed E-state index contributed by atoms with van der Waals surface area (Å²) >= 11 is 0. The highest BCUT2D eigenvalue weighted by Crippen LogP contribution is 2.20. The molecule has 0 radical (unpaired) electrons. The van der Waals surface area contributed by atoms with E-state index >= 15 is 0 Å². The maximum absolute atomic E-state index is 13.3. The standard InChI is InChI=1S/C12H14F2O2/c1-7(2)10(12(15)16)5-8-3-4-9(13)6-11(8)14/h3-4,6-7,10H,5H2,1-2H3,(H,15,16). The Labute approximate surface area is 92.9 Å². The Bertz CT molecular complexity index is 389. The van der Waals surface area contributed by atoms with Gasteiger partial charge in [-0.25, -0.2) is 8.78 Å². The Morgan fingerprint density at radius 3 is 2.44 bits per heavy atom. The van der Waals surface area contributed by atoms with Crippen LogP contribution in [-0.2, 0) is 11.2 Å². The molecule has 4 heteroatoms. The smallest absolute Gasteiger partial charge is 0.307 e. The van der Waals surface area contributed by atoms with E-state index in [2.05, 4.69) is 0 Å². The van der Waals surface area contributed by atoms with Gasteiger partial charge < -0.3 is 5.11 Å². The molecule has 2 nitrogen and oxygen atoms in total. The molecule has 0 aromatic heterocycles. The molecular formula is C12H14F2O2. The minimum absolute atomic E-state index is 0.0825. The number of carboxylic acids is 1. The van der Waals surface area contributed by atoms with Crippen LogP contribution in [-0.4, -0.2) is 11.1 Å². The molecule has 0 saturated heterocycles. The number of carbonyl (C=O) groups is 1. The van der Waals surface area contributed by atoms with Crippen molar-refractivity contribution >= 4 is 5.97 Å². The third kappa shape index (κ3) is 3.02. The summed E-state index contributed by atoms with van der Waals surface area (Å²) in [5.74, 6) is -3.05. The molecular weight excluding hydrogens is 214 g/mol. The van der Waals surface area contributed by atoms with E-state index in [0.717, 1.165) is 12.1 Å². The van der Waals surface area contributed by atoms with E-state index in [1.165, 1.54) is 6.07 Å². The highest BCUT2D eigenvalue weighted by molar-refractivity contribution is 5.70. The van der Waals surface area contributed by atoms with Gasteiger partial charge in [-0.15, -0.1) is 0 Å². The van der Waals surface area contributed by atoms with Gasteiger partial charge in [0.05, 0.1) is 5.92 Å². The van der Waals surface area contributed by atoms with Gasteiger partial charge in [-0.3, -0.25) is 4.79 Å². The van der Waals surface area contributed by atoms with Gasteiger partial charge in [-0.05, 0) is 24.0 Å². The van der Waals surface area contributed by atoms with Gasteiger partial charge in [0.15, 0.2) is 0 Å². The Balaban J connectivity index is 2.90. The lowest BCUT2D eigenvalue weighted by atomic mass is 9.89. The lowest BCUT2D eigenvalue weighted by Gasteiger charge is -2.16. The molecule has 0 fully saturated rings. The fraction of sp³-hybridized carbons (Fsp3) is 0.417. The Kier molecular flexibility index (Phi) is 3.99. The van der Waals surface area contributed by atoms with Gasteiger partial charge in [0.1, 0.15) is 11.6 Å². The van der Waals surface area contributed by atoms with Crippen molar-refractivity contribution in [1.82, 2.24) is 0 Å². The van der Waals surface area contributed by atoms with Gasteiger partial charge in [0.2, 0.25) is 0 Å². The van der Waals surface area contributed by atoms with Crippen LogP contribution in [0.4, 0.5) is 8.78 Å². The van der Waals surface area contributed by atoms with Crippen LogP contribution >= 0.6 is 0 Å². The summed E-state index contributed by atoms with van der Waals surface area (Å²) in [6.45, 7) is 3.53. The van der Waals surface area contributed by atoms with Gasteiger partial charge in [0.25, 0.3) is 0 Å². The largest absolute Gasteiger partial charge is 0.481 e. The molecule has 0 aliphatic heterocycles. The second kappa shape index (κ2) is 5.05. The number of aliphatic carboxylic acids is 1. The summed E-state index contributed by atoms with van der Waals surface area (Å²) in [6.07, 6.45) is 0.0825. The molecule has 1 aromatic carbocycles. The summed E-state index contributed by atoms with van der Waals surface area (Å²) in [5, 5.41) is 8.95. The van der Waals surface area contributed by atoms with Crippen molar-refractivity contribution < 1.29 is 18.7 Å². The van der Waals surface area contributed by atoms with Crippen molar-refractivity contribution in [3.8, 4) is 0 Å². The zero-order chi connectivity index (χ0) is 12.3. The Morgan fingerprint density at radius 1 is 1.38 bits per heavy atom. The van der Waals surface area contributed by atoms with Crippen molar-refractivity contribution in [3.63, 3.8) is 0 Å². The van der Waals surface area contributed by atoms with Crippen LogP contribution in [0, 0.1) is 23.5 Å². The van der Waals surface area contributed by atoms with Crippen LogP contribution in [0.1, 0.15) is 19.4 Å². The quantitative estimate of drug-likeness (QED) is 0.860. The van der Waals surface area contributed by atoms with Crippen molar-refractivity contribution in [2.45, 2.75) is 20.3 Å². The molecule has 1 aromatic rings. The van der Waals surface area contributed by atoms with E-state index in [1.807, 2.05) is 0 Å². The van der Waals surface area contributed by atoms with E-state index in [9.17, 15) is 13.6 Å². The molecule has 0 aliphatic rings. The molecule has 1 unspecified atom stereocenters. The molecule has 0 heterocycles. The first-order chi connectivity index (χ1) is 7.41. The van der Waals surface area contributed by atoms with Gasteiger partial charge in [0, 0.05) is 6.07 Å². The van der Waals surface area contributed by atoms with Crippen LogP contribution in [0.2, 0.25) is 0 Å². The molecule has 0 bridgehead atoms. The normalized spacial score (nSPS) is 12.8. The molecule has 1 N–H and O–H groups in total. The molecule has 16 heavy (non-hydrogen) atoms. The zero-order valence-corrected chi connectivity index (χ0v) is 9.21. The van der Waals surface area contributed by atoms with E-state index in [0.29, 0.717) is 0 Å². The van der Waals surface area contributed by atoms with Gasteiger partial charge in [-0.2, -0.15) is 0 Å². The lowest BCUT2D eigenvalue weighted by molar-refractivity contribution is -0.143. The molecule has 0 saturated carbocycles. The van der Waals surface area contributed by atoms with E-state index in [1.54, 1.807) is 13.8 Å². The van der Waals surface area contributed by atoms with Crippen molar-refractivity contribution in [1.29, 1.82) is 0 Å². The maximum Gasteiger partial charge on any atom is 0.307 e. The van der Waals surface area contributed by atoms with Crippen LogP contribution in [0.3, 0.4) is 0 Å². The number of carboxylic acid groups (broad SMARTS) is 1. The molecule has 0 aliphatic carbocycles. The summed E-state index contributed by atoms with van der Waals surface area (Å²) in [5.41, 5.74) is 0.238. The molecule has 88 valence electrons. The average Bonchev–Trinajstić information content (AvgIpc) is 2.15. The molecule has 0 spiro atoms. The van der Waals surface area contributed by atoms with Gasteiger partial charge >= 0.3 is 5.97 Å². The summed E-state index contributed by atoms with van der Waals surface area (Å²) < 4.78 is 26.0. The Hall–Kier alpha value is -1.45. The average molecular weight is 228 g/mol. The highest BCUT2D eigenvalue weighted by atomic mass is 19.1. The predicted octanol–water partition coefficient (Wildman–Crippen LogP) is 2.86. The lowest BCUT2D eigenvalue weighted by Crippen LogP contribution is -2.22. The first-order valence-corrected chi connectivity index (χ1v) is 5.08. The van der Waals surface area contributed by atoms with E-state index < -0.39 is 23.5 Å². The van der Waals surface area contributed by atoms with Crippen LogP contribution in [0.25, 0.3) is 0 Å². The molecule has 0 amide bonds. The fourth-order valence-electron chi connectivity index (χ4n) is 1.53. The number of hydrogen-bond acceptors (Lipinski definition) is 1. The van der Waals surface area contributed by atoms with Crippen molar-refractivity contribution in [2.24, 2.45) is 11.8 Å². The maximum atomic E-state index is 13.3. The van der Waals surface area contributed by atoms with E-state index in [-0.39, 0.29) is 17.9 Å². The van der Waals surface area contributed by atoms with Crippen LogP contribution in [0.15, 0.2) is 18.2 Å². The van der Waals surface area contributed by atoms with Gasteiger partial charge in [-0.1, -0.05) is 19.9 Å². The highest BCUT2D eigenvalue weighted by Gasteiger charge is 2.23. The third-order valence-electron chi connectivity index (χ3n) is 2.58. The first-order valence-electron chi connectivity index (χ1n) is 5.08. The SMILES string of the molecule is CC(C)C(Cc1ccc(F)cc1F)C(=O)O. The monoisotopic (exact) mass is 228 g/mol. The first kappa shape index (κ1) is 12.6. The van der Waals surface area contributed by atoms with E-state index in [4.69, 9.17) is 5.11 Å². The number of rotatable bonds is 4. The second-order valence-electron chi connectivity index (χ2n) is 4.13. The summed E-state index contributed by atoms with van der Waals surface area (Å²) in [6, 6.07) is 3.20. The Morgan fingerprint density at radius 2 is 2.00 bits per heavy atom. The minimum atomic E-state index is -0.960. The second-order valence-corrected chi connectivity index (χ2v) is 4.13. The molecule has 1 atom stereocenters. The van der Waals surface area contributed by atoms with Crippen LogP contribution < -0.4 is 0 Å². The number of halogens is 2. The summed E-state index contributed by atoms with van der Waals surface area (Å²) in [4.78, 5) is 10.9. The topological polar surface area (TPSA) is 37.3 Å². The molecule has 1 rings (SSSR count). The number of benzene rings is 1. The van der Waals surface area contributed by atoms with Crippen molar-refractivity contribution in [2.75, 3.05) is 0 Å². The predicted molar refractivity (Wildman–Crippen MR) is 56.0 cm³/mol. The number of hydrogen-bond donors (Lipinski definition) is 1. The van der Waals surface area contributed by atoms with Crippen molar-refractivity contribution in [3.05, 3.63) is 35.4 Å². The summed E-state index contributed by atoms with van der Waals surface area (Å²) in [7, 11) is 0. The fourth-order valence-corrected chi connectivity index (χ4v) is 1.53.